The third-order valence-electron chi connectivity index (χ3n) is 2.12. The number of hydrogen-bond donors (Lipinski definition) is 1. The van der Waals surface area contributed by atoms with Crippen LogP contribution < -0.4 is 10.1 Å². The van der Waals surface area contributed by atoms with Crippen molar-refractivity contribution in [2.75, 3.05) is 12.4 Å². The fourth-order valence-corrected chi connectivity index (χ4v) is 1.47. The predicted octanol–water partition coefficient (Wildman–Crippen LogP) is 1.79. The van der Waals surface area contributed by atoms with Crippen molar-refractivity contribution in [2.24, 2.45) is 0 Å². The summed E-state index contributed by atoms with van der Waals surface area (Å²) < 4.78 is 5.05. The molecule has 0 aromatic carbocycles. The second kappa shape index (κ2) is 5.42. The fraction of sp³-hybridized carbons (Fsp3) is 0.0909. The van der Waals surface area contributed by atoms with Gasteiger partial charge in [-0.1, -0.05) is 0 Å². The first-order valence-electron chi connectivity index (χ1n) is 4.98. The summed E-state index contributed by atoms with van der Waals surface area (Å²) in [6.07, 6.45) is 4.42. The lowest BCUT2D eigenvalue weighted by Crippen LogP contribution is -2.14. The number of pyridine rings is 1. The van der Waals surface area contributed by atoms with Crippen LogP contribution in [0.5, 0.6) is 5.75 Å². The molecule has 2 aromatic heterocycles. The van der Waals surface area contributed by atoms with E-state index in [-0.39, 0.29) is 11.2 Å². The zero-order valence-electron chi connectivity index (χ0n) is 9.42. The van der Waals surface area contributed by atoms with Crippen LogP contribution in [0.2, 0.25) is 5.28 Å². The summed E-state index contributed by atoms with van der Waals surface area (Å²) in [5.41, 5.74) is 0.363. The molecule has 7 heteroatoms. The molecule has 2 heterocycles. The van der Waals surface area contributed by atoms with Crippen LogP contribution >= 0.6 is 11.6 Å². The number of anilines is 1. The Kier molecular flexibility index (Phi) is 3.69. The number of hydrogen-bond acceptors (Lipinski definition) is 5. The SMILES string of the molecule is COc1cnccc1C(=O)Nc1ccnc(Cl)n1. The molecule has 1 N–H and O–H groups in total. The maximum Gasteiger partial charge on any atom is 0.260 e. The largest absolute Gasteiger partial charge is 0.494 e. The summed E-state index contributed by atoms with van der Waals surface area (Å²) in [4.78, 5) is 23.4. The van der Waals surface area contributed by atoms with Crippen molar-refractivity contribution < 1.29 is 9.53 Å². The third kappa shape index (κ3) is 2.72. The predicted molar refractivity (Wildman–Crippen MR) is 65.8 cm³/mol. The van der Waals surface area contributed by atoms with Gasteiger partial charge in [0.2, 0.25) is 5.28 Å². The average Bonchev–Trinajstić information content (AvgIpc) is 2.38. The van der Waals surface area contributed by atoms with E-state index in [1.165, 1.54) is 31.8 Å². The van der Waals surface area contributed by atoms with Crippen LogP contribution in [-0.4, -0.2) is 28.0 Å². The van der Waals surface area contributed by atoms with Gasteiger partial charge < -0.3 is 10.1 Å². The highest BCUT2D eigenvalue weighted by Gasteiger charge is 2.12. The Balaban J connectivity index is 2.22. The molecule has 0 saturated heterocycles. The van der Waals surface area contributed by atoms with Crippen molar-refractivity contribution in [1.82, 2.24) is 15.0 Å². The van der Waals surface area contributed by atoms with E-state index in [0.717, 1.165) is 0 Å². The lowest BCUT2D eigenvalue weighted by Gasteiger charge is -2.07. The van der Waals surface area contributed by atoms with Crippen LogP contribution in [0.15, 0.2) is 30.7 Å². The number of carbonyl (C=O) groups excluding carboxylic acids is 1. The number of methoxy groups -OCH3 is 1. The first-order chi connectivity index (χ1) is 8.70. The molecule has 0 fully saturated rings. The molecule has 18 heavy (non-hydrogen) atoms. The smallest absolute Gasteiger partial charge is 0.260 e. The van der Waals surface area contributed by atoms with Gasteiger partial charge in [-0.2, -0.15) is 0 Å². The van der Waals surface area contributed by atoms with E-state index in [0.29, 0.717) is 17.1 Å². The van der Waals surface area contributed by atoms with E-state index >= 15 is 0 Å². The van der Waals surface area contributed by atoms with E-state index in [2.05, 4.69) is 20.3 Å². The molecule has 0 saturated carbocycles. The van der Waals surface area contributed by atoms with Gasteiger partial charge in [0.15, 0.2) is 0 Å². The summed E-state index contributed by atoms with van der Waals surface area (Å²) in [5, 5.41) is 2.66. The van der Waals surface area contributed by atoms with Gasteiger partial charge in [-0.3, -0.25) is 9.78 Å². The Bertz CT molecular complexity index is 576. The lowest BCUT2D eigenvalue weighted by molar-refractivity contribution is 0.102. The Hall–Kier alpha value is -2.21. The van der Waals surface area contributed by atoms with Crippen LogP contribution in [-0.2, 0) is 0 Å². The maximum absolute atomic E-state index is 12.0. The molecule has 2 rings (SSSR count). The monoisotopic (exact) mass is 264 g/mol. The molecular formula is C11H9ClN4O2. The van der Waals surface area contributed by atoms with E-state index in [4.69, 9.17) is 16.3 Å². The zero-order valence-corrected chi connectivity index (χ0v) is 10.2. The van der Waals surface area contributed by atoms with Crippen molar-refractivity contribution in [2.45, 2.75) is 0 Å². The molecule has 0 spiro atoms. The van der Waals surface area contributed by atoms with Gasteiger partial charge >= 0.3 is 0 Å². The summed E-state index contributed by atoms with van der Waals surface area (Å²) in [7, 11) is 1.47. The number of amides is 1. The zero-order chi connectivity index (χ0) is 13.0. The number of ether oxygens (including phenoxy) is 1. The van der Waals surface area contributed by atoms with Gasteiger partial charge in [0.1, 0.15) is 11.6 Å². The molecule has 0 radical (unpaired) electrons. The van der Waals surface area contributed by atoms with E-state index in [9.17, 15) is 4.79 Å². The second-order valence-corrected chi connectivity index (χ2v) is 3.58. The minimum Gasteiger partial charge on any atom is -0.494 e. The first kappa shape index (κ1) is 12.3. The molecule has 1 amide bonds. The van der Waals surface area contributed by atoms with Crippen LogP contribution in [0.1, 0.15) is 10.4 Å². The molecule has 92 valence electrons. The van der Waals surface area contributed by atoms with Crippen molar-refractivity contribution in [3.05, 3.63) is 41.6 Å². The Morgan fingerprint density at radius 1 is 1.39 bits per heavy atom. The summed E-state index contributed by atoms with van der Waals surface area (Å²) in [5.74, 6) is 0.345. The highest BCUT2D eigenvalue weighted by molar-refractivity contribution is 6.28. The van der Waals surface area contributed by atoms with Crippen LogP contribution in [0.3, 0.4) is 0 Å². The van der Waals surface area contributed by atoms with Crippen LogP contribution in [0.25, 0.3) is 0 Å². The minimum atomic E-state index is -0.357. The number of nitrogens with one attached hydrogen (secondary N) is 1. The fourth-order valence-electron chi connectivity index (χ4n) is 1.32. The molecule has 0 unspecified atom stereocenters. The van der Waals surface area contributed by atoms with Gasteiger partial charge in [0, 0.05) is 12.4 Å². The van der Waals surface area contributed by atoms with E-state index in [1.807, 2.05) is 0 Å². The number of aromatic nitrogens is 3. The van der Waals surface area contributed by atoms with Gasteiger partial charge in [0.05, 0.1) is 18.9 Å². The Morgan fingerprint density at radius 3 is 2.94 bits per heavy atom. The van der Waals surface area contributed by atoms with Crippen molar-refractivity contribution in [3.63, 3.8) is 0 Å². The van der Waals surface area contributed by atoms with Crippen LogP contribution in [0, 0.1) is 0 Å². The molecule has 0 bridgehead atoms. The molecule has 0 atom stereocenters. The van der Waals surface area contributed by atoms with Crippen molar-refractivity contribution >= 4 is 23.3 Å². The minimum absolute atomic E-state index is 0.0643. The van der Waals surface area contributed by atoms with E-state index < -0.39 is 0 Å². The highest BCUT2D eigenvalue weighted by atomic mass is 35.5. The quantitative estimate of drug-likeness (QED) is 0.855. The summed E-state index contributed by atoms with van der Waals surface area (Å²) in [6.45, 7) is 0. The Morgan fingerprint density at radius 2 is 2.22 bits per heavy atom. The number of carbonyl (C=O) groups is 1. The maximum atomic E-state index is 12.0. The van der Waals surface area contributed by atoms with Gasteiger partial charge in [-0.15, -0.1) is 0 Å². The van der Waals surface area contributed by atoms with Crippen molar-refractivity contribution in [1.29, 1.82) is 0 Å². The van der Waals surface area contributed by atoms with Gasteiger partial charge in [-0.05, 0) is 23.7 Å². The number of rotatable bonds is 3. The third-order valence-corrected chi connectivity index (χ3v) is 2.30. The molecular weight excluding hydrogens is 256 g/mol. The second-order valence-electron chi connectivity index (χ2n) is 3.24. The van der Waals surface area contributed by atoms with Crippen LogP contribution in [0.4, 0.5) is 5.82 Å². The first-order valence-corrected chi connectivity index (χ1v) is 5.36. The number of halogens is 1. The lowest BCUT2D eigenvalue weighted by atomic mass is 10.2. The molecule has 2 aromatic rings. The highest BCUT2D eigenvalue weighted by Crippen LogP contribution is 2.17. The number of nitrogens with zero attached hydrogens (tertiary/aromatic N) is 3. The molecule has 0 aliphatic rings. The van der Waals surface area contributed by atoms with E-state index in [1.54, 1.807) is 6.07 Å². The van der Waals surface area contributed by atoms with Crippen molar-refractivity contribution in [3.8, 4) is 5.75 Å². The molecule has 6 nitrogen and oxygen atoms in total. The molecule has 0 aliphatic heterocycles. The van der Waals surface area contributed by atoms with Gasteiger partial charge in [-0.25, -0.2) is 9.97 Å². The van der Waals surface area contributed by atoms with Gasteiger partial charge in [0.25, 0.3) is 5.91 Å². The normalized spacial score (nSPS) is 9.89. The Labute approximate surface area is 108 Å². The standard InChI is InChI=1S/C11H9ClN4O2/c1-18-8-6-13-4-2-7(8)10(17)15-9-3-5-14-11(12)16-9/h2-6H,1H3,(H,14,15,16,17). The summed E-state index contributed by atoms with van der Waals surface area (Å²) >= 11 is 5.62. The summed E-state index contributed by atoms with van der Waals surface area (Å²) in [6, 6.07) is 3.09. The average molecular weight is 265 g/mol. The molecule has 0 aliphatic carbocycles. The topological polar surface area (TPSA) is 77.0 Å².